The van der Waals surface area contributed by atoms with Gasteiger partial charge in [-0.1, -0.05) is 6.07 Å². The van der Waals surface area contributed by atoms with Gasteiger partial charge in [0.2, 0.25) is 0 Å². The van der Waals surface area contributed by atoms with Gasteiger partial charge in [0.15, 0.2) is 0 Å². The van der Waals surface area contributed by atoms with Crippen LogP contribution in [0.5, 0.6) is 0 Å². The zero-order valence-electron chi connectivity index (χ0n) is 12.1. The van der Waals surface area contributed by atoms with E-state index in [0.29, 0.717) is 25.6 Å². The van der Waals surface area contributed by atoms with E-state index in [0.717, 1.165) is 5.69 Å². The summed E-state index contributed by atoms with van der Waals surface area (Å²) >= 11 is 0. The molecule has 2 rings (SSSR count). The molecule has 2 heterocycles. The number of morpholine rings is 1. The number of amides is 1. The molecule has 20 heavy (non-hydrogen) atoms. The van der Waals surface area contributed by atoms with E-state index in [-0.39, 0.29) is 12.1 Å². The Hall–Kier alpha value is -1.82. The summed E-state index contributed by atoms with van der Waals surface area (Å²) in [6.45, 7) is 6.92. The second kappa shape index (κ2) is 5.66. The van der Waals surface area contributed by atoms with Crippen molar-refractivity contribution in [2.45, 2.75) is 32.4 Å². The second-order valence-electron chi connectivity index (χ2n) is 5.75. The lowest BCUT2D eigenvalue weighted by molar-refractivity contribution is -0.0340. The first-order chi connectivity index (χ1) is 9.37. The Balaban J connectivity index is 2.19. The number of carbonyl (C=O) groups is 1. The quantitative estimate of drug-likeness (QED) is 0.850. The molecular weight excluding hydrogens is 258 g/mol. The maximum absolute atomic E-state index is 12.3. The first-order valence-electron chi connectivity index (χ1n) is 6.66. The number of hydrogen-bond donors (Lipinski definition) is 1. The molecule has 110 valence electrons. The van der Waals surface area contributed by atoms with Crippen molar-refractivity contribution in [2.75, 3.05) is 25.5 Å². The number of nitrogen functional groups attached to an aromatic ring is 1. The Bertz CT molecular complexity index is 485. The molecule has 0 aliphatic carbocycles. The number of pyridine rings is 1. The second-order valence-corrected chi connectivity index (χ2v) is 5.75. The van der Waals surface area contributed by atoms with Crippen molar-refractivity contribution < 1.29 is 14.3 Å². The summed E-state index contributed by atoms with van der Waals surface area (Å²) in [5.41, 5.74) is 5.90. The molecule has 1 aliphatic rings. The summed E-state index contributed by atoms with van der Waals surface area (Å²) in [4.78, 5) is 18.2. The SMILES string of the molecule is CC(C)(C)OC(=O)N1CCOCC1c1cccc(N)n1. The molecule has 1 unspecified atom stereocenters. The van der Waals surface area contributed by atoms with Crippen LogP contribution in [0.25, 0.3) is 0 Å². The number of nitrogens with two attached hydrogens (primary N) is 1. The number of nitrogens with zero attached hydrogens (tertiary/aromatic N) is 2. The fraction of sp³-hybridized carbons (Fsp3) is 0.571. The molecule has 1 aromatic heterocycles. The molecule has 0 radical (unpaired) electrons. The van der Waals surface area contributed by atoms with Gasteiger partial charge in [0.25, 0.3) is 0 Å². The van der Waals surface area contributed by atoms with Gasteiger partial charge in [0.05, 0.1) is 18.9 Å². The normalized spacial score (nSPS) is 19.8. The van der Waals surface area contributed by atoms with Crippen LogP contribution in [0.3, 0.4) is 0 Å². The highest BCUT2D eigenvalue weighted by Crippen LogP contribution is 2.25. The van der Waals surface area contributed by atoms with Gasteiger partial charge in [-0.3, -0.25) is 4.90 Å². The Morgan fingerprint density at radius 1 is 1.50 bits per heavy atom. The first kappa shape index (κ1) is 14.6. The summed E-state index contributed by atoms with van der Waals surface area (Å²) in [5, 5.41) is 0. The number of hydrogen-bond acceptors (Lipinski definition) is 5. The predicted molar refractivity (Wildman–Crippen MR) is 75.1 cm³/mol. The minimum absolute atomic E-state index is 0.262. The molecule has 1 aromatic rings. The maximum atomic E-state index is 12.3. The smallest absolute Gasteiger partial charge is 0.411 e. The number of rotatable bonds is 1. The molecule has 1 saturated heterocycles. The van der Waals surface area contributed by atoms with E-state index >= 15 is 0 Å². The predicted octanol–water partition coefficient (Wildman–Crippen LogP) is 1.97. The molecule has 1 amide bonds. The number of ether oxygens (including phenoxy) is 2. The average molecular weight is 279 g/mol. The summed E-state index contributed by atoms with van der Waals surface area (Å²) in [7, 11) is 0. The molecule has 1 fully saturated rings. The van der Waals surface area contributed by atoms with Gasteiger partial charge >= 0.3 is 6.09 Å². The van der Waals surface area contributed by atoms with Crippen LogP contribution < -0.4 is 5.73 Å². The van der Waals surface area contributed by atoms with Crippen molar-refractivity contribution in [1.29, 1.82) is 0 Å². The molecule has 0 saturated carbocycles. The third kappa shape index (κ3) is 3.60. The average Bonchev–Trinajstić information content (AvgIpc) is 2.37. The van der Waals surface area contributed by atoms with Crippen LogP contribution in [0.1, 0.15) is 32.5 Å². The van der Waals surface area contributed by atoms with Crippen LogP contribution in [0, 0.1) is 0 Å². The molecule has 1 aliphatic heterocycles. The van der Waals surface area contributed by atoms with Gasteiger partial charge in [0, 0.05) is 6.54 Å². The highest BCUT2D eigenvalue weighted by molar-refractivity contribution is 5.69. The minimum Gasteiger partial charge on any atom is -0.444 e. The van der Waals surface area contributed by atoms with Crippen LogP contribution in [0.15, 0.2) is 18.2 Å². The number of carbonyl (C=O) groups excluding carboxylic acids is 1. The van der Waals surface area contributed by atoms with Crippen molar-refractivity contribution in [3.8, 4) is 0 Å². The van der Waals surface area contributed by atoms with E-state index in [1.807, 2.05) is 32.9 Å². The van der Waals surface area contributed by atoms with Crippen LogP contribution >= 0.6 is 0 Å². The Kier molecular flexibility index (Phi) is 4.13. The molecule has 1 atom stereocenters. The van der Waals surface area contributed by atoms with E-state index < -0.39 is 5.60 Å². The molecule has 6 nitrogen and oxygen atoms in total. The monoisotopic (exact) mass is 279 g/mol. The Morgan fingerprint density at radius 2 is 2.25 bits per heavy atom. The standard InChI is InChI=1S/C14H21N3O3/c1-14(2,3)20-13(18)17-7-8-19-9-11(17)10-5-4-6-12(15)16-10/h4-6,11H,7-9H2,1-3H3,(H2,15,16). The molecule has 0 spiro atoms. The summed E-state index contributed by atoms with van der Waals surface area (Å²) in [6, 6.07) is 5.11. The van der Waals surface area contributed by atoms with E-state index in [9.17, 15) is 4.79 Å². The van der Waals surface area contributed by atoms with Crippen LogP contribution in [0.2, 0.25) is 0 Å². The van der Waals surface area contributed by atoms with E-state index in [2.05, 4.69) is 4.98 Å². The molecule has 2 N–H and O–H groups in total. The van der Waals surface area contributed by atoms with Crippen LogP contribution in [-0.4, -0.2) is 41.3 Å². The Labute approximate surface area is 118 Å². The number of aromatic nitrogens is 1. The fourth-order valence-electron chi connectivity index (χ4n) is 2.04. The zero-order valence-corrected chi connectivity index (χ0v) is 12.1. The minimum atomic E-state index is -0.525. The highest BCUT2D eigenvalue weighted by Gasteiger charge is 2.32. The van der Waals surface area contributed by atoms with Gasteiger partial charge in [-0.2, -0.15) is 0 Å². The van der Waals surface area contributed by atoms with E-state index in [1.54, 1.807) is 11.0 Å². The summed E-state index contributed by atoms with van der Waals surface area (Å²) in [6.07, 6.45) is -0.352. The van der Waals surface area contributed by atoms with Crippen molar-refractivity contribution in [3.63, 3.8) is 0 Å². The van der Waals surface area contributed by atoms with E-state index in [4.69, 9.17) is 15.2 Å². The van der Waals surface area contributed by atoms with Gasteiger partial charge < -0.3 is 15.2 Å². The lowest BCUT2D eigenvalue weighted by Gasteiger charge is -2.36. The van der Waals surface area contributed by atoms with Crippen molar-refractivity contribution in [1.82, 2.24) is 9.88 Å². The maximum Gasteiger partial charge on any atom is 0.411 e. The van der Waals surface area contributed by atoms with Gasteiger partial charge in [-0.05, 0) is 32.9 Å². The van der Waals surface area contributed by atoms with Crippen molar-refractivity contribution >= 4 is 11.9 Å². The molecule has 0 aromatic carbocycles. The van der Waals surface area contributed by atoms with Crippen LogP contribution in [-0.2, 0) is 9.47 Å². The largest absolute Gasteiger partial charge is 0.444 e. The van der Waals surface area contributed by atoms with Crippen LogP contribution in [0.4, 0.5) is 10.6 Å². The highest BCUT2D eigenvalue weighted by atomic mass is 16.6. The lowest BCUT2D eigenvalue weighted by atomic mass is 10.1. The third-order valence-electron chi connectivity index (χ3n) is 2.89. The van der Waals surface area contributed by atoms with Gasteiger partial charge in [-0.15, -0.1) is 0 Å². The third-order valence-corrected chi connectivity index (χ3v) is 2.89. The lowest BCUT2D eigenvalue weighted by Crippen LogP contribution is -2.46. The summed E-state index contributed by atoms with van der Waals surface area (Å²) < 4.78 is 10.9. The van der Waals surface area contributed by atoms with E-state index in [1.165, 1.54) is 0 Å². The van der Waals surface area contributed by atoms with Gasteiger partial charge in [-0.25, -0.2) is 9.78 Å². The van der Waals surface area contributed by atoms with Crippen molar-refractivity contribution in [3.05, 3.63) is 23.9 Å². The topological polar surface area (TPSA) is 77.7 Å². The number of anilines is 1. The van der Waals surface area contributed by atoms with Gasteiger partial charge in [0.1, 0.15) is 17.5 Å². The molecule has 6 heteroatoms. The zero-order chi connectivity index (χ0) is 14.8. The summed E-state index contributed by atoms with van der Waals surface area (Å²) in [5.74, 6) is 0.428. The van der Waals surface area contributed by atoms with Crippen molar-refractivity contribution in [2.24, 2.45) is 0 Å². The Morgan fingerprint density at radius 3 is 2.90 bits per heavy atom. The fourth-order valence-corrected chi connectivity index (χ4v) is 2.04. The molecular formula is C14H21N3O3. The molecule has 0 bridgehead atoms. The first-order valence-corrected chi connectivity index (χ1v) is 6.66.